The lowest BCUT2D eigenvalue weighted by Crippen LogP contribution is -2.12. The number of nitrogens with one attached hydrogen (secondary N) is 1. The van der Waals surface area contributed by atoms with E-state index in [0.717, 1.165) is 24.4 Å². The number of nitrogens with two attached hydrogens (primary N) is 1. The lowest BCUT2D eigenvalue weighted by atomic mass is 10.2. The largest absolute Gasteiger partial charge is 0.347 e. The van der Waals surface area contributed by atoms with Crippen LogP contribution >= 0.6 is 0 Å². The van der Waals surface area contributed by atoms with E-state index >= 15 is 0 Å². The van der Waals surface area contributed by atoms with E-state index in [1.807, 2.05) is 10.9 Å². The van der Waals surface area contributed by atoms with Crippen LogP contribution in [-0.4, -0.2) is 19.7 Å². The molecule has 0 bridgehead atoms. The van der Waals surface area contributed by atoms with Gasteiger partial charge in [-0.05, 0) is 6.42 Å². The zero-order valence-corrected chi connectivity index (χ0v) is 8.72. The Kier molecular flexibility index (Phi) is 2.82. The smallest absolute Gasteiger partial charge is 0.127 e. The molecule has 0 saturated carbocycles. The van der Waals surface area contributed by atoms with E-state index in [9.17, 15) is 0 Å². The summed E-state index contributed by atoms with van der Waals surface area (Å²) >= 11 is 0. The van der Waals surface area contributed by atoms with Crippen molar-refractivity contribution in [2.24, 2.45) is 5.73 Å². The molecule has 15 heavy (non-hydrogen) atoms. The molecule has 0 aromatic carbocycles. The summed E-state index contributed by atoms with van der Waals surface area (Å²) in [6, 6.07) is -0.217. The molecule has 3 N–H and O–H groups in total. The quantitative estimate of drug-likeness (QED) is 0.784. The third-order valence-corrected chi connectivity index (χ3v) is 2.28. The summed E-state index contributed by atoms with van der Waals surface area (Å²) < 4.78 is 1.90. The summed E-state index contributed by atoms with van der Waals surface area (Å²) in [7, 11) is 0. The van der Waals surface area contributed by atoms with Gasteiger partial charge in [-0.15, -0.1) is 0 Å². The Labute approximate surface area is 88.3 Å². The first-order valence-corrected chi connectivity index (χ1v) is 5.08. The van der Waals surface area contributed by atoms with E-state index in [-0.39, 0.29) is 6.04 Å². The number of H-pyrrole nitrogens is 1. The average molecular weight is 205 g/mol. The maximum atomic E-state index is 6.02. The van der Waals surface area contributed by atoms with Crippen molar-refractivity contribution in [2.45, 2.75) is 25.9 Å². The molecule has 0 radical (unpaired) electrons. The minimum absolute atomic E-state index is 0.217. The molecule has 2 aromatic heterocycles. The topological polar surface area (TPSA) is 72.5 Å². The van der Waals surface area contributed by atoms with Gasteiger partial charge >= 0.3 is 0 Å². The van der Waals surface area contributed by atoms with Crippen LogP contribution in [0.2, 0.25) is 0 Å². The SMILES string of the molecule is CCCn1cc(C(N)c2ncc[nH]2)cn1. The number of hydrogen-bond acceptors (Lipinski definition) is 3. The number of hydrogen-bond donors (Lipinski definition) is 2. The highest BCUT2D eigenvalue weighted by Gasteiger charge is 2.12. The molecular formula is C10H15N5. The maximum absolute atomic E-state index is 6.02. The summed E-state index contributed by atoms with van der Waals surface area (Å²) in [5, 5.41) is 4.23. The monoisotopic (exact) mass is 205 g/mol. The van der Waals surface area contributed by atoms with Gasteiger partial charge in [0.25, 0.3) is 0 Å². The van der Waals surface area contributed by atoms with Crippen molar-refractivity contribution in [1.29, 1.82) is 0 Å². The summed E-state index contributed by atoms with van der Waals surface area (Å²) in [6.07, 6.45) is 8.30. The van der Waals surface area contributed by atoms with Gasteiger partial charge in [0.05, 0.1) is 12.2 Å². The zero-order chi connectivity index (χ0) is 10.7. The van der Waals surface area contributed by atoms with E-state index in [2.05, 4.69) is 22.0 Å². The molecule has 2 rings (SSSR count). The molecule has 0 aliphatic carbocycles. The molecule has 2 aromatic rings. The normalized spacial score (nSPS) is 12.9. The van der Waals surface area contributed by atoms with E-state index < -0.39 is 0 Å². The van der Waals surface area contributed by atoms with Crippen LogP contribution in [0.3, 0.4) is 0 Å². The van der Waals surface area contributed by atoms with Gasteiger partial charge in [-0.3, -0.25) is 4.68 Å². The Bertz CT molecular complexity index is 403. The van der Waals surface area contributed by atoms with E-state index in [0.29, 0.717) is 0 Å². The number of aromatic amines is 1. The summed E-state index contributed by atoms with van der Waals surface area (Å²) in [6.45, 7) is 3.04. The van der Waals surface area contributed by atoms with Gasteiger partial charge in [0.15, 0.2) is 0 Å². The summed E-state index contributed by atoms with van der Waals surface area (Å²) in [5.74, 6) is 0.769. The molecule has 5 heteroatoms. The second kappa shape index (κ2) is 4.27. The van der Waals surface area contributed by atoms with E-state index in [1.165, 1.54) is 0 Å². The summed E-state index contributed by atoms with van der Waals surface area (Å²) in [4.78, 5) is 7.13. The summed E-state index contributed by atoms with van der Waals surface area (Å²) in [5.41, 5.74) is 7.01. The number of nitrogens with zero attached hydrogens (tertiary/aromatic N) is 3. The molecule has 1 unspecified atom stereocenters. The number of aromatic nitrogens is 4. The molecule has 0 aliphatic heterocycles. The third-order valence-electron chi connectivity index (χ3n) is 2.28. The number of aryl methyl sites for hydroxylation is 1. The third kappa shape index (κ3) is 2.07. The van der Waals surface area contributed by atoms with Crippen LogP contribution in [0, 0.1) is 0 Å². The molecule has 0 fully saturated rings. The van der Waals surface area contributed by atoms with Crippen LogP contribution in [0.1, 0.15) is 30.8 Å². The predicted molar refractivity (Wildman–Crippen MR) is 57.1 cm³/mol. The minimum Gasteiger partial charge on any atom is -0.347 e. The Morgan fingerprint density at radius 2 is 2.47 bits per heavy atom. The maximum Gasteiger partial charge on any atom is 0.127 e. The molecule has 2 heterocycles. The van der Waals surface area contributed by atoms with Crippen molar-refractivity contribution in [1.82, 2.24) is 19.7 Å². The molecule has 5 nitrogen and oxygen atoms in total. The minimum atomic E-state index is -0.217. The Balaban J connectivity index is 2.15. The van der Waals surface area contributed by atoms with Gasteiger partial charge in [0.2, 0.25) is 0 Å². The van der Waals surface area contributed by atoms with Crippen LogP contribution in [0.5, 0.6) is 0 Å². The highest BCUT2D eigenvalue weighted by molar-refractivity contribution is 5.18. The number of imidazole rings is 1. The first kappa shape index (κ1) is 9.92. The van der Waals surface area contributed by atoms with Crippen molar-refractivity contribution >= 4 is 0 Å². The molecule has 1 atom stereocenters. The highest BCUT2D eigenvalue weighted by atomic mass is 15.3. The molecule has 0 amide bonds. The van der Waals surface area contributed by atoms with Crippen LogP contribution in [0.4, 0.5) is 0 Å². The fraction of sp³-hybridized carbons (Fsp3) is 0.400. The van der Waals surface area contributed by atoms with Gasteiger partial charge in [-0.2, -0.15) is 5.10 Å². The predicted octanol–water partition coefficient (Wildman–Crippen LogP) is 1.06. The number of rotatable bonds is 4. The second-order valence-electron chi connectivity index (χ2n) is 3.49. The van der Waals surface area contributed by atoms with Crippen LogP contribution in [0.15, 0.2) is 24.8 Å². The van der Waals surface area contributed by atoms with Crippen LogP contribution < -0.4 is 5.73 Å². The fourth-order valence-electron chi connectivity index (χ4n) is 1.50. The second-order valence-corrected chi connectivity index (χ2v) is 3.49. The zero-order valence-electron chi connectivity index (χ0n) is 8.72. The Hall–Kier alpha value is -1.62. The van der Waals surface area contributed by atoms with Gasteiger partial charge in [-0.1, -0.05) is 6.92 Å². The van der Waals surface area contributed by atoms with Crippen molar-refractivity contribution in [3.63, 3.8) is 0 Å². The molecular weight excluding hydrogens is 190 g/mol. The van der Waals surface area contributed by atoms with E-state index in [4.69, 9.17) is 5.73 Å². The van der Waals surface area contributed by atoms with E-state index in [1.54, 1.807) is 18.6 Å². The van der Waals surface area contributed by atoms with Gasteiger partial charge in [0, 0.05) is 30.7 Å². The lowest BCUT2D eigenvalue weighted by molar-refractivity contribution is 0.601. The van der Waals surface area contributed by atoms with Gasteiger partial charge < -0.3 is 10.7 Å². The first-order chi connectivity index (χ1) is 7.31. The molecule has 80 valence electrons. The van der Waals surface area contributed by atoms with Crippen molar-refractivity contribution in [3.8, 4) is 0 Å². The highest BCUT2D eigenvalue weighted by Crippen LogP contribution is 2.14. The molecule has 0 saturated heterocycles. The Morgan fingerprint density at radius 1 is 1.60 bits per heavy atom. The fourth-order valence-corrected chi connectivity index (χ4v) is 1.50. The van der Waals surface area contributed by atoms with Crippen LogP contribution in [-0.2, 0) is 6.54 Å². The van der Waals surface area contributed by atoms with Gasteiger partial charge in [-0.25, -0.2) is 4.98 Å². The standard InChI is InChI=1S/C10H15N5/c1-2-5-15-7-8(6-14-15)9(11)10-12-3-4-13-10/h3-4,6-7,9H,2,5,11H2,1H3,(H,12,13). The van der Waals surface area contributed by atoms with Gasteiger partial charge in [0.1, 0.15) is 5.82 Å². The van der Waals surface area contributed by atoms with Crippen molar-refractivity contribution in [2.75, 3.05) is 0 Å². The molecule has 0 spiro atoms. The molecule has 0 aliphatic rings. The van der Waals surface area contributed by atoms with Crippen LogP contribution in [0.25, 0.3) is 0 Å². The lowest BCUT2D eigenvalue weighted by Gasteiger charge is -2.04. The average Bonchev–Trinajstić information content (AvgIpc) is 2.87. The van der Waals surface area contributed by atoms with Crippen molar-refractivity contribution in [3.05, 3.63) is 36.2 Å². The first-order valence-electron chi connectivity index (χ1n) is 5.08. The Morgan fingerprint density at radius 3 is 3.13 bits per heavy atom. The van der Waals surface area contributed by atoms with Crippen molar-refractivity contribution < 1.29 is 0 Å².